The Hall–Kier alpha value is -0.990. The minimum absolute atomic E-state index is 0.200. The molecule has 1 aliphatic carbocycles. The maximum atomic E-state index is 10.2. The summed E-state index contributed by atoms with van der Waals surface area (Å²) in [6.45, 7) is 2.13. The van der Waals surface area contributed by atoms with E-state index in [1.54, 1.807) is 6.20 Å². The largest absolute Gasteiger partial charge is 0.478 e. The number of carboxylic acid groups (broad SMARTS) is 1. The lowest BCUT2D eigenvalue weighted by molar-refractivity contribution is -0.131. The highest BCUT2D eigenvalue weighted by atomic mass is 16.4. The second kappa shape index (κ2) is 3.61. The smallest absolute Gasteiger partial charge is 0.329 e. The van der Waals surface area contributed by atoms with Crippen LogP contribution >= 0.6 is 0 Å². The minimum atomic E-state index is -0.895. The molecule has 12 heavy (non-hydrogen) atoms. The van der Waals surface area contributed by atoms with Crippen LogP contribution < -0.4 is 5.32 Å². The molecule has 0 aromatic rings. The maximum absolute atomic E-state index is 10.2. The molecular weight excluding hydrogens is 154 g/mol. The Kier molecular flexibility index (Phi) is 2.74. The fourth-order valence-electron chi connectivity index (χ4n) is 1.49. The van der Waals surface area contributed by atoms with Crippen molar-refractivity contribution < 1.29 is 9.90 Å². The molecule has 0 radical (unpaired) electrons. The molecule has 0 heterocycles. The highest BCUT2D eigenvalue weighted by Gasteiger charge is 2.33. The Bertz CT molecular complexity index is 189. The summed E-state index contributed by atoms with van der Waals surface area (Å²) < 4.78 is 0. The SMILES string of the molecule is CCC1(N/C=C/C(=O)O)CCC1. The van der Waals surface area contributed by atoms with Gasteiger partial charge in [0.1, 0.15) is 0 Å². The lowest BCUT2D eigenvalue weighted by atomic mass is 9.75. The van der Waals surface area contributed by atoms with E-state index in [4.69, 9.17) is 5.11 Å². The van der Waals surface area contributed by atoms with E-state index in [-0.39, 0.29) is 5.54 Å². The van der Waals surface area contributed by atoms with Crippen LogP contribution in [0.3, 0.4) is 0 Å². The zero-order valence-corrected chi connectivity index (χ0v) is 7.34. The number of carbonyl (C=O) groups is 1. The normalized spacial score (nSPS) is 20.4. The van der Waals surface area contributed by atoms with Crippen molar-refractivity contribution in [1.82, 2.24) is 5.32 Å². The summed E-state index contributed by atoms with van der Waals surface area (Å²) in [7, 11) is 0. The molecule has 1 fully saturated rings. The number of nitrogens with one attached hydrogen (secondary N) is 1. The predicted molar refractivity (Wildman–Crippen MR) is 46.8 cm³/mol. The molecule has 0 unspecified atom stereocenters. The molecular formula is C9H15NO2. The van der Waals surface area contributed by atoms with Crippen LogP contribution in [0.1, 0.15) is 32.6 Å². The van der Waals surface area contributed by atoms with Crippen LogP contribution in [-0.4, -0.2) is 16.6 Å². The first-order chi connectivity index (χ1) is 5.68. The first kappa shape index (κ1) is 9.10. The number of rotatable bonds is 4. The molecule has 0 aliphatic heterocycles. The molecule has 1 rings (SSSR count). The molecule has 2 N–H and O–H groups in total. The van der Waals surface area contributed by atoms with Gasteiger partial charge in [-0.1, -0.05) is 6.92 Å². The quantitative estimate of drug-likeness (QED) is 0.627. The summed E-state index contributed by atoms with van der Waals surface area (Å²) in [5, 5.41) is 11.5. The van der Waals surface area contributed by atoms with E-state index in [9.17, 15) is 4.79 Å². The maximum Gasteiger partial charge on any atom is 0.329 e. The Morgan fingerprint density at radius 3 is 2.67 bits per heavy atom. The molecule has 0 aromatic heterocycles. The summed E-state index contributed by atoms with van der Waals surface area (Å²) in [4.78, 5) is 10.2. The van der Waals surface area contributed by atoms with E-state index in [2.05, 4.69) is 12.2 Å². The third-order valence-corrected chi connectivity index (χ3v) is 2.60. The molecule has 0 aromatic carbocycles. The van der Waals surface area contributed by atoms with Gasteiger partial charge < -0.3 is 10.4 Å². The van der Waals surface area contributed by atoms with Gasteiger partial charge in [0.2, 0.25) is 0 Å². The molecule has 3 heteroatoms. The van der Waals surface area contributed by atoms with Crippen LogP contribution in [-0.2, 0) is 4.79 Å². The van der Waals surface area contributed by atoms with Crippen molar-refractivity contribution in [3.63, 3.8) is 0 Å². The van der Waals surface area contributed by atoms with Crippen molar-refractivity contribution in [2.24, 2.45) is 0 Å². The van der Waals surface area contributed by atoms with E-state index in [1.807, 2.05) is 0 Å². The summed E-state index contributed by atoms with van der Waals surface area (Å²) in [5.41, 5.74) is 0.200. The third kappa shape index (κ3) is 2.00. The number of hydrogen-bond donors (Lipinski definition) is 2. The molecule has 0 spiro atoms. The molecule has 1 saturated carbocycles. The summed E-state index contributed by atoms with van der Waals surface area (Å²) in [5.74, 6) is -0.895. The second-order valence-corrected chi connectivity index (χ2v) is 3.30. The van der Waals surface area contributed by atoms with Gasteiger partial charge in [0.25, 0.3) is 0 Å². The van der Waals surface area contributed by atoms with Crippen LogP contribution in [0, 0.1) is 0 Å². The van der Waals surface area contributed by atoms with Gasteiger partial charge in [0.05, 0.1) is 0 Å². The van der Waals surface area contributed by atoms with Crippen molar-refractivity contribution in [3.8, 4) is 0 Å². The number of hydrogen-bond acceptors (Lipinski definition) is 2. The van der Waals surface area contributed by atoms with Gasteiger partial charge in [0.15, 0.2) is 0 Å². The molecule has 0 atom stereocenters. The monoisotopic (exact) mass is 169 g/mol. The molecule has 68 valence electrons. The molecule has 0 saturated heterocycles. The topological polar surface area (TPSA) is 49.3 Å². The minimum Gasteiger partial charge on any atom is -0.478 e. The van der Waals surface area contributed by atoms with Crippen LogP contribution in [0.25, 0.3) is 0 Å². The highest BCUT2D eigenvalue weighted by Crippen LogP contribution is 2.34. The van der Waals surface area contributed by atoms with Crippen molar-refractivity contribution >= 4 is 5.97 Å². The first-order valence-corrected chi connectivity index (χ1v) is 4.36. The Balaban J connectivity index is 2.34. The van der Waals surface area contributed by atoms with E-state index in [0.29, 0.717) is 0 Å². The van der Waals surface area contributed by atoms with Crippen molar-refractivity contribution in [3.05, 3.63) is 12.3 Å². The fraction of sp³-hybridized carbons (Fsp3) is 0.667. The third-order valence-electron chi connectivity index (χ3n) is 2.60. The van der Waals surface area contributed by atoms with Gasteiger partial charge in [-0.05, 0) is 25.7 Å². The van der Waals surface area contributed by atoms with Gasteiger partial charge in [-0.25, -0.2) is 4.79 Å². The Morgan fingerprint density at radius 1 is 1.67 bits per heavy atom. The van der Waals surface area contributed by atoms with E-state index in [0.717, 1.165) is 25.3 Å². The van der Waals surface area contributed by atoms with Crippen LogP contribution in [0.15, 0.2) is 12.3 Å². The van der Waals surface area contributed by atoms with Gasteiger partial charge in [-0.2, -0.15) is 0 Å². The lowest BCUT2D eigenvalue weighted by Crippen LogP contribution is -2.47. The van der Waals surface area contributed by atoms with Gasteiger partial charge >= 0.3 is 5.97 Å². The van der Waals surface area contributed by atoms with Crippen molar-refractivity contribution in [1.29, 1.82) is 0 Å². The van der Waals surface area contributed by atoms with E-state index < -0.39 is 5.97 Å². The zero-order chi connectivity index (χ0) is 9.03. The predicted octanol–water partition coefficient (Wildman–Crippen LogP) is 1.51. The van der Waals surface area contributed by atoms with Crippen LogP contribution in [0.5, 0.6) is 0 Å². The fourth-order valence-corrected chi connectivity index (χ4v) is 1.49. The number of aliphatic carboxylic acids is 1. The summed E-state index contributed by atoms with van der Waals surface area (Å²) >= 11 is 0. The average molecular weight is 169 g/mol. The average Bonchev–Trinajstić information content (AvgIpc) is 1.94. The summed E-state index contributed by atoms with van der Waals surface area (Å²) in [6.07, 6.45) is 7.33. The van der Waals surface area contributed by atoms with Crippen molar-refractivity contribution in [2.75, 3.05) is 0 Å². The second-order valence-electron chi connectivity index (χ2n) is 3.30. The molecule has 1 aliphatic rings. The standard InChI is InChI=1S/C9H15NO2/c1-2-9(5-3-6-9)10-7-4-8(11)12/h4,7,10H,2-3,5-6H2,1H3,(H,11,12)/b7-4+. The van der Waals surface area contributed by atoms with E-state index >= 15 is 0 Å². The van der Waals surface area contributed by atoms with Gasteiger partial charge in [-0.3, -0.25) is 0 Å². The van der Waals surface area contributed by atoms with Crippen LogP contribution in [0.4, 0.5) is 0 Å². The Labute approximate surface area is 72.5 Å². The first-order valence-electron chi connectivity index (χ1n) is 4.36. The van der Waals surface area contributed by atoms with Crippen LogP contribution in [0.2, 0.25) is 0 Å². The number of carboxylic acids is 1. The molecule has 3 nitrogen and oxygen atoms in total. The van der Waals surface area contributed by atoms with Gasteiger partial charge in [0, 0.05) is 17.8 Å². The van der Waals surface area contributed by atoms with Gasteiger partial charge in [-0.15, -0.1) is 0 Å². The molecule has 0 amide bonds. The highest BCUT2D eigenvalue weighted by molar-refractivity contribution is 5.79. The lowest BCUT2D eigenvalue weighted by Gasteiger charge is -2.41. The zero-order valence-electron chi connectivity index (χ0n) is 7.34. The molecule has 0 bridgehead atoms. The van der Waals surface area contributed by atoms with Crippen molar-refractivity contribution in [2.45, 2.75) is 38.1 Å². The Morgan fingerprint density at radius 2 is 2.33 bits per heavy atom. The summed E-state index contributed by atoms with van der Waals surface area (Å²) in [6, 6.07) is 0. The van der Waals surface area contributed by atoms with E-state index in [1.165, 1.54) is 6.42 Å².